The van der Waals surface area contributed by atoms with Gasteiger partial charge in [0.15, 0.2) is 0 Å². The molecule has 110 valence electrons. The summed E-state index contributed by atoms with van der Waals surface area (Å²) in [4.78, 5) is 45.2. The van der Waals surface area contributed by atoms with Crippen molar-refractivity contribution < 1.29 is 19.3 Å². The summed E-state index contributed by atoms with van der Waals surface area (Å²) in [5.74, 6) is -1.71. The van der Waals surface area contributed by atoms with Gasteiger partial charge in [0.05, 0.1) is 4.92 Å². The number of nitrogens with zero attached hydrogens (tertiary/aromatic N) is 1. The zero-order valence-electron chi connectivity index (χ0n) is 11.2. The third-order valence-electron chi connectivity index (χ3n) is 3.21. The molecule has 1 atom stereocenters. The highest BCUT2D eigenvalue weighted by Crippen LogP contribution is 2.23. The molecule has 1 unspecified atom stereocenters. The SMILES string of the molecule is Cc1cccc(C(=O)NC2CCC(=O)NC2=O)c1[N+](=O)[O-]. The van der Waals surface area contributed by atoms with E-state index in [0.29, 0.717) is 5.56 Å². The van der Waals surface area contributed by atoms with Crippen LogP contribution in [0.2, 0.25) is 0 Å². The van der Waals surface area contributed by atoms with Crippen LogP contribution in [0, 0.1) is 17.0 Å². The molecule has 0 saturated carbocycles. The number of hydrogen-bond acceptors (Lipinski definition) is 5. The summed E-state index contributed by atoms with van der Waals surface area (Å²) >= 11 is 0. The fraction of sp³-hybridized carbons (Fsp3) is 0.308. The van der Waals surface area contributed by atoms with E-state index in [1.54, 1.807) is 0 Å². The highest BCUT2D eigenvalue weighted by atomic mass is 16.6. The fourth-order valence-corrected chi connectivity index (χ4v) is 2.15. The van der Waals surface area contributed by atoms with Crippen molar-refractivity contribution in [1.29, 1.82) is 0 Å². The minimum Gasteiger partial charge on any atom is -0.340 e. The van der Waals surface area contributed by atoms with Crippen LogP contribution in [0.5, 0.6) is 0 Å². The van der Waals surface area contributed by atoms with Crippen LogP contribution in [-0.2, 0) is 9.59 Å². The molecule has 2 N–H and O–H groups in total. The van der Waals surface area contributed by atoms with Crippen molar-refractivity contribution in [1.82, 2.24) is 10.6 Å². The quantitative estimate of drug-likeness (QED) is 0.476. The summed E-state index contributed by atoms with van der Waals surface area (Å²) in [5, 5.41) is 15.6. The number of amides is 3. The molecular weight excluding hydrogens is 278 g/mol. The molecule has 1 saturated heterocycles. The first-order chi connectivity index (χ1) is 9.90. The van der Waals surface area contributed by atoms with Gasteiger partial charge in [-0.25, -0.2) is 0 Å². The van der Waals surface area contributed by atoms with Crippen molar-refractivity contribution in [2.45, 2.75) is 25.8 Å². The average Bonchev–Trinajstić information content (AvgIpc) is 2.41. The molecule has 2 rings (SSSR count). The normalized spacial score (nSPS) is 18.0. The summed E-state index contributed by atoms with van der Waals surface area (Å²) < 4.78 is 0. The lowest BCUT2D eigenvalue weighted by Crippen LogP contribution is -2.52. The highest BCUT2D eigenvalue weighted by molar-refractivity contribution is 6.05. The summed E-state index contributed by atoms with van der Waals surface area (Å²) in [6.45, 7) is 1.53. The van der Waals surface area contributed by atoms with E-state index in [0.717, 1.165) is 0 Å². The van der Waals surface area contributed by atoms with Crippen molar-refractivity contribution in [2.24, 2.45) is 0 Å². The molecule has 1 heterocycles. The van der Waals surface area contributed by atoms with E-state index in [1.807, 2.05) is 0 Å². The lowest BCUT2D eigenvalue weighted by molar-refractivity contribution is -0.385. The smallest absolute Gasteiger partial charge is 0.285 e. The molecule has 0 bridgehead atoms. The Labute approximate surface area is 119 Å². The lowest BCUT2D eigenvalue weighted by atomic mass is 10.0. The molecule has 8 nitrogen and oxygen atoms in total. The Hall–Kier alpha value is -2.77. The van der Waals surface area contributed by atoms with Gasteiger partial charge in [0.2, 0.25) is 11.8 Å². The van der Waals surface area contributed by atoms with Crippen LogP contribution in [0.25, 0.3) is 0 Å². The van der Waals surface area contributed by atoms with Crippen LogP contribution in [0.4, 0.5) is 5.69 Å². The Morgan fingerprint density at radius 2 is 2.14 bits per heavy atom. The molecule has 1 aromatic carbocycles. The van der Waals surface area contributed by atoms with Crippen molar-refractivity contribution in [3.8, 4) is 0 Å². The maximum Gasteiger partial charge on any atom is 0.285 e. The minimum atomic E-state index is -0.865. The van der Waals surface area contributed by atoms with Crippen molar-refractivity contribution in [2.75, 3.05) is 0 Å². The number of para-hydroxylation sites is 1. The van der Waals surface area contributed by atoms with Crippen LogP contribution in [-0.4, -0.2) is 28.7 Å². The van der Waals surface area contributed by atoms with Gasteiger partial charge >= 0.3 is 0 Å². The van der Waals surface area contributed by atoms with Crippen LogP contribution in [0.1, 0.15) is 28.8 Å². The fourth-order valence-electron chi connectivity index (χ4n) is 2.15. The van der Waals surface area contributed by atoms with Crippen LogP contribution < -0.4 is 10.6 Å². The number of nitro benzene ring substituents is 1. The number of aryl methyl sites for hydroxylation is 1. The summed E-state index contributed by atoms with van der Waals surface area (Å²) in [5.41, 5.74) is -0.0390. The second-order valence-electron chi connectivity index (χ2n) is 4.71. The lowest BCUT2D eigenvalue weighted by Gasteiger charge is -2.21. The first-order valence-electron chi connectivity index (χ1n) is 6.28. The predicted octanol–water partition coefficient (Wildman–Crippen LogP) is 0.438. The number of rotatable bonds is 3. The molecule has 3 amide bonds. The number of nitrogens with one attached hydrogen (secondary N) is 2. The average molecular weight is 291 g/mol. The largest absolute Gasteiger partial charge is 0.340 e. The number of carbonyl (C=O) groups excluding carboxylic acids is 3. The summed E-state index contributed by atoms with van der Waals surface area (Å²) in [6.07, 6.45) is 0.294. The molecule has 1 aromatic rings. The Morgan fingerprint density at radius 1 is 1.43 bits per heavy atom. The molecule has 1 aliphatic rings. The molecule has 0 aliphatic carbocycles. The number of hydrogen-bond donors (Lipinski definition) is 2. The molecule has 21 heavy (non-hydrogen) atoms. The number of piperidine rings is 1. The Balaban J connectivity index is 2.22. The Morgan fingerprint density at radius 3 is 2.76 bits per heavy atom. The second kappa shape index (κ2) is 5.70. The summed E-state index contributed by atoms with van der Waals surface area (Å²) in [6, 6.07) is 3.52. The van der Waals surface area contributed by atoms with Crippen LogP contribution in [0.15, 0.2) is 18.2 Å². The van der Waals surface area contributed by atoms with Gasteiger partial charge in [-0.3, -0.25) is 29.8 Å². The predicted molar refractivity (Wildman–Crippen MR) is 71.5 cm³/mol. The standard InChI is InChI=1S/C13H13N3O5/c1-7-3-2-4-8(11(7)16(20)21)12(18)14-9-5-6-10(17)15-13(9)19/h2-4,9H,5-6H2,1H3,(H,14,18)(H,15,17,19). The van der Waals surface area contributed by atoms with E-state index >= 15 is 0 Å². The first-order valence-corrected chi connectivity index (χ1v) is 6.28. The van der Waals surface area contributed by atoms with Gasteiger partial charge in [0.25, 0.3) is 11.6 Å². The first kappa shape index (κ1) is 14.6. The third kappa shape index (κ3) is 3.04. The Bertz CT molecular complexity index is 641. The zero-order valence-corrected chi connectivity index (χ0v) is 11.2. The van der Waals surface area contributed by atoms with E-state index in [1.165, 1.54) is 25.1 Å². The van der Waals surface area contributed by atoms with Gasteiger partial charge in [-0.15, -0.1) is 0 Å². The van der Waals surface area contributed by atoms with Gasteiger partial charge in [0.1, 0.15) is 11.6 Å². The third-order valence-corrected chi connectivity index (χ3v) is 3.21. The molecular formula is C13H13N3O5. The minimum absolute atomic E-state index is 0.107. The van der Waals surface area contributed by atoms with E-state index in [-0.39, 0.29) is 24.1 Å². The number of imide groups is 1. The molecule has 1 fully saturated rings. The Kier molecular flexibility index (Phi) is 3.97. The van der Waals surface area contributed by atoms with Crippen molar-refractivity contribution in [3.63, 3.8) is 0 Å². The van der Waals surface area contributed by atoms with E-state index in [9.17, 15) is 24.5 Å². The zero-order chi connectivity index (χ0) is 15.6. The van der Waals surface area contributed by atoms with Crippen molar-refractivity contribution in [3.05, 3.63) is 39.4 Å². The molecule has 0 radical (unpaired) electrons. The maximum atomic E-state index is 12.1. The van der Waals surface area contributed by atoms with Gasteiger partial charge in [-0.05, 0) is 19.4 Å². The topological polar surface area (TPSA) is 118 Å². The molecule has 0 spiro atoms. The number of benzene rings is 1. The monoisotopic (exact) mass is 291 g/mol. The van der Waals surface area contributed by atoms with E-state index < -0.39 is 28.7 Å². The number of carbonyl (C=O) groups is 3. The van der Waals surface area contributed by atoms with Crippen molar-refractivity contribution >= 4 is 23.4 Å². The van der Waals surface area contributed by atoms with Gasteiger partial charge in [-0.1, -0.05) is 12.1 Å². The van der Waals surface area contributed by atoms with Crippen LogP contribution in [0.3, 0.4) is 0 Å². The van der Waals surface area contributed by atoms with E-state index in [2.05, 4.69) is 10.6 Å². The summed E-state index contributed by atoms with van der Waals surface area (Å²) in [7, 11) is 0. The second-order valence-corrected chi connectivity index (χ2v) is 4.71. The number of nitro groups is 1. The highest BCUT2D eigenvalue weighted by Gasteiger charge is 2.30. The molecule has 1 aliphatic heterocycles. The molecule has 8 heteroatoms. The van der Waals surface area contributed by atoms with Gasteiger partial charge < -0.3 is 5.32 Å². The van der Waals surface area contributed by atoms with Gasteiger partial charge in [0, 0.05) is 12.0 Å². The van der Waals surface area contributed by atoms with E-state index in [4.69, 9.17) is 0 Å². The van der Waals surface area contributed by atoms with Gasteiger partial charge in [-0.2, -0.15) is 0 Å². The maximum absolute atomic E-state index is 12.1. The molecule has 0 aromatic heterocycles. The van der Waals surface area contributed by atoms with Crippen LogP contribution >= 0.6 is 0 Å².